The number of hydrogen-bond acceptors (Lipinski definition) is 0. The quantitative estimate of drug-likeness (QED) is 0.551. The molecule has 4 bridgehead atoms. The molecular formula is C18H19N2+. The SMILES string of the molecule is C[n+]1cc2c3ccc(n2c1)CCc1ccc(cc1)CC3. The summed E-state index contributed by atoms with van der Waals surface area (Å²) in [7, 11) is 2.11. The fourth-order valence-corrected chi connectivity index (χ4v) is 3.20. The summed E-state index contributed by atoms with van der Waals surface area (Å²) in [4.78, 5) is 0. The standard InChI is InChI=1S/C18H19N2/c1-19-12-18-16-8-6-14-2-4-15(5-3-14)7-10-17(11-9-16)20(18)13-19/h2-5,9,11-13H,6-8,10H2,1H3/q+1. The second-order valence-corrected chi connectivity index (χ2v) is 5.83. The largest absolute Gasteiger partial charge is 0.248 e. The fraction of sp³-hybridized carbons (Fsp3) is 0.278. The molecule has 2 heteroatoms. The Morgan fingerprint density at radius 2 is 1.55 bits per heavy atom. The van der Waals surface area contributed by atoms with Crippen LogP contribution in [0.25, 0.3) is 5.52 Å². The molecule has 0 fully saturated rings. The van der Waals surface area contributed by atoms with Crippen LogP contribution in [0.1, 0.15) is 22.4 Å². The van der Waals surface area contributed by atoms with E-state index in [1.165, 1.54) is 27.9 Å². The van der Waals surface area contributed by atoms with E-state index in [2.05, 4.69) is 64.9 Å². The number of rotatable bonds is 0. The molecule has 0 saturated heterocycles. The highest BCUT2D eigenvalue weighted by Crippen LogP contribution is 2.19. The Hall–Kier alpha value is -2.09. The first kappa shape index (κ1) is 11.7. The lowest BCUT2D eigenvalue weighted by atomic mass is 9.99. The Morgan fingerprint density at radius 1 is 0.850 bits per heavy atom. The highest BCUT2D eigenvalue weighted by Gasteiger charge is 2.15. The lowest BCUT2D eigenvalue weighted by Gasteiger charge is -2.09. The molecular weight excluding hydrogens is 244 g/mol. The first-order chi connectivity index (χ1) is 9.79. The normalized spacial score (nSPS) is 14.4. The Labute approximate surface area is 119 Å². The molecule has 2 nitrogen and oxygen atoms in total. The predicted molar refractivity (Wildman–Crippen MR) is 79.8 cm³/mol. The molecule has 0 N–H and O–H groups in total. The molecule has 7 rings (SSSR count). The van der Waals surface area contributed by atoms with Crippen LogP contribution in [0.3, 0.4) is 0 Å². The van der Waals surface area contributed by atoms with Gasteiger partial charge in [-0.3, -0.25) is 0 Å². The molecule has 1 aromatic carbocycles. The zero-order valence-electron chi connectivity index (χ0n) is 11.8. The molecule has 0 spiro atoms. The van der Waals surface area contributed by atoms with Crippen LogP contribution in [-0.2, 0) is 32.7 Å². The minimum absolute atomic E-state index is 1.09. The van der Waals surface area contributed by atoms with Crippen LogP contribution < -0.4 is 4.57 Å². The number of imidazole rings is 1. The summed E-state index contributed by atoms with van der Waals surface area (Å²) in [5.74, 6) is 0. The highest BCUT2D eigenvalue weighted by atomic mass is 15.1. The summed E-state index contributed by atoms with van der Waals surface area (Å²) in [6, 6.07) is 13.8. The average molecular weight is 263 g/mol. The van der Waals surface area contributed by atoms with Gasteiger partial charge in [0.2, 0.25) is 6.33 Å². The first-order valence-corrected chi connectivity index (χ1v) is 7.35. The van der Waals surface area contributed by atoms with Crippen molar-refractivity contribution in [1.82, 2.24) is 4.40 Å². The molecule has 0 atom stereocenters. The van der Waals surface area contributed by atoms with E-state index in [0.29, 0.717) is 0 Å². The smallest absolute Gasteiger partial charge is 0.239 e. The third-order valence-electron chi connectivity index (χ3n) is 4.37. The lowest BCUT2D eigenvalue weighted by Crippen LogP contribution is -2.23. The van der Waals surface area contributed by atoms with Gasteiger partial charge in [-0.25, -0.2) is 4.57 Å². The van der Waals surface area contributed by atoms with Gasteiger partial charge in [0.25, 0.3) is 0 Å². The molecule has 4 aliphatic rings. The van der Waals surface area contributed by atoms with E-state index >= 15 is 0 Å². The van der Waals surface area contributed by atoms with Crippen molar-refractivity contribution in [2.75, 3.05) is 0 Å². The third-order valence-corrected chi connectivity index (χ3v) is 4.37. The molecule has 2 aromatic heterocycles. The highest BCUT2D eigenvalue weighted by molar-refractivity contribution is 5.53. The molecule has 0 radical (unpaired) electrons. The topological polar surface area (TPSA) is 8.29 Å². The van der Waals surface area contributed by atoms with Crippen LogP contribution in [0.15, 0.2) is 48.9 Å². The van der Waals surface area contributed by atoms with Gasteiger partial charge in [-0.1, -0.05) is 30.3 Å². The van der Waals surface area contributed by atoms with E-state index < -0.39 is 0 Å². The van der Waals surface area contributed by atoms with Gasteiger partial charge in [0, 0.05) is 12.0 Å². The first-order valence-electron chi connectivity index (χ1n) is 7.35. The van der Waals surface area contributed by atoms with Gasteiger partial charge in [-0.05, 0) is 36.5 Å². The zero-order chi connectivity index (χ0) is 13.5. The van der Waals surface area contributed by atoms with Crippen molar-refractivity contribution in [3.05, 3.63) is 71.3 Å². The molecule has 3 aromatic rings. The number of aryl methyl sites for hydroxylation is 5. The average Bonchev–Trinajstić information content (AvgIpc) is 2.83. The van der Waals surface area contributed by atoms with Crippen LogP contribution >= 0.6 is 0 Å². The van der Waals surface area contributed by atoms with Crippen molar-refractivity contribution >= 4 is 5.52 Å². The predicted octanol–water partition coefficient (Wildman–Crippen LogP) is 2.65. The van der Waals surface area contributed by atoms with E-state index in [4.69, 9.17) is 0 Å². The summed E-state index contributed by atoms with van der Waals surface area (Å²) in [6.07, 6.45) is 8.85. The Balaban J connectivity index is 1.89. The molecule has 20 heavy (non-hydrogen) atoms. The zero-order valence-corrected chi connectivity index (χ0v) is 11.8. The van der Waals surface area contributed by atoms with Crippen LogP contribution in [0.4, 0.5) is 0 Å². The minimum atomic E-state index is 1.09. The Morgan fingerprint density at radius 3 is 2.30 bits per heavy atom. The van der Waals surface area contributed by atoms with E-state index in [-0.39, 0.29) is 0 Å². The van der Waals surface area contributed by atoms with Crippen LogP contribution in [-0.4, -0.2) is 4.40 Å². The van der Waals surface area contributed by atoms with Gasteiger partial charge >= 0.3 is 0 Å². The van der Waals surface area contributed by atoms with Gasteiger partial charge in [0.05, 0.1) is 7.05 Å². The van der Waals surface area contributed by atoms with Crippen molar-refractivity contribution in [1.29, 1.82) is 0 Å². The van der Waals surface area contributed by atoms with E-state index in [1.807, 2.05) is 0 Å². The summed E-state index contributed by atoms with van der Waals surface area (Å²) >= 11 is 0. The van der Waals surface area contributed by atoms with Crippen molar-refractivity contribution in [3.8, 4) is 0 Å². The monoisotopic (exact) mass is 263 g/mol. The van der Waals surface area contributed by atoms with E-state index in [9.17, 15) is 0 Å². The Kier molecular flexibility index (Phi) is 2.62. The van der Waals surface area contributed by atoms with Crippen molar-refractivity contribution in [3.63, 3.8) is 0 Å². The third kappa shape index (κ3) is 1.92. The maximum absolute atomic E-state index is 2.36. The lowest BCUT2D eigenvalue weighted by molar-refractivity contribution is -0.670. The van der Waals surface area contributed by atoms with Gasteiger partial charge in [0.1, 0.15) is 11.9 Å². The van der Waals surface area contributed by atoms with Crippen LogP contribution in [0.5, 0.6) is 0 Å². The molecule has 2 aliphatic heterocycles. The maximum Gasteiger partial charge on any atom is 0.248 e. The second-order valence-electron chi connectivity index (χ2n) is 5.83. The van der Waals surface area contributed by atoms with Crippen LogP contribution in [0.2, 0.25) is 0 Å². The van der Waals surface area contributed by atoms with Gasteiger partial charge in [0.15, 0.2) is 5.52 Å². The van der Waals surface area contributed by atoms with E-state index in [1.54, 1.807) is 0 Å². The van der Waals surface area contributed by atoms with Crippen LogP contribution in [0, 0.1) is 0 Å². The van der Waals surface area contributed by atoms with Gasteiger partial charge in [-0.2, -0.15) is 4.40 Å². The molecule has 4 heterocycles. The molecule has 0 amide bonds. The van der Waals surface area contributed by atoms with Crippen molar-refractivity contribution < 1.29 is 4.57 Å². The van der Waals surface area contributed by atoms with Crippen molar-refractivity contribution in [2.45, 2.75) is 25.7 Å². The fourth-order valence-electron chi connectivity index (χ4n) is 3.20. The number of nitrogens with zero attached hydrogens (tertiary/aromatic N) is 2. The maximum atomic E-state index is 2.36. The number of aromatic nitrogens is 2. The Bertz CT molecular complexity index is 702. The molecule has 100 valence electrons. The number of hydrogen-bond donors (Lipinski definition) is 0. The van der Waals surface area contributed by atoms with Gasteiger partial charge < -0.3 is 0 Å². The number of benzene rings is 1. The number of pyridine rings is 1. The molecule has 0 saturated carbocycles. The summed E-state index contributed by atoms with van der Waals surface area (Å²) in [5, 5.41) is 0. The summed E-state index contributed by atoms with van der Waals surface area (Å²) in [6.45, 7) is 0. The minimum Gasteiger partial charge on any atom is -0.239 e. The van der Waals surface area contributed by atoms with Gasteiger partial charge in [-0.15, -0.1) is 0 Å². The van der Waals surface area contributed by atoms with E-state index in [0.717, 1.165) is 25.7 Å². The second kappa shape index (κ2) is 4.48. The summed E-state index contributed by atoms with van der Waals surface area (Å²) in [5.41, 5.74) is 7.07. The molecule has 2 aliphatic carbocycles. The van der Waals surface area contributed by atoms with Crippen molar-refractivity contribution in [2.24, 2.45) is 7.05 Å². The summed E-state index contributed by atoms with van der Waals surface area (Å²) < 4.78 is 4.52. The molecule has 0 unspecified atom stereocenters.